The molecule has 0 aliphatic carbocycles. The van der Waals surface area contributed by atoms with Crippen LogP contribution in [-0.2, 0) is 9.59 Å². The van der Waals surface area contributed by atoms with Gasteiger partial charge in [0, 0.05) is 25.9 Å². The van der Waals surface area contributed by atoms with Crippen molar-refractivity contribution in [2.75, 3.05) is 13.1 Å². The van der Waals surface area contributed by atoms with Gasteiger partial charge in [-0.2, -0.15) is 0 Å². The van der Waals surface area contributed by atoms with Crippen molar-refractivity contribution in [2.45, 2.75) is 65.2 Å². The highest BCUT2D eigenvalue weighted by atomic mass is 16.2. The van der Waals surface area contributed by atoms with Crippen LogP contribution < -0.4 is 10.6 Å². The first-order valence-corrected chi connectivity index (χ1v) is 7.24. The zero-order chi connectivity index (χ0) is 13.6. The second kappa shape index (κ2) is 12.4. The maximum absolute atomic E-state index is 11.4. The Morgan fingerprint density at radius 3 is 1.89 bits per heavy atom. The Labute approximate surface area is 111 Å². The Hall–Kier alpha value is -1.06. The molecule has 0 aliphatic rings. The monoisotopic (exact) mass is 256 g/mol. The number of hydrogen-bond acceptors (Lipinski definition) is 2. The number of amides is 2. The van der Waals surface area contributed by atoms with Gasteiger partial charge in [-0.15, -0.1) is 0 Å². The highest BCUT2D eigenvalue weighted by Crippen LogP contribution is 2.01. The van der Waals surface area contributed by atoms with Crippen molar-refractivity contribution in [3.8, 4) is 0 Å². The third-order valence-electron chi connectivity index (χ3n) is 2.73. The van der Waals surface area contributed by atoms with E-state index in [1.807, 2.05) is 6.92 Å². The number of carbonyl (C=O) groups excluding carboxylic acids is 2. The van der Waals surface area contributed by atoms with E-state index in [1.165, 1.54) is 12.8 Å². The van der Waals surface area contributed by atoms with Crippen LogP contribution in [0.2, 0.25) is 0 Å². The van der Waals surface area contributed by atoms with E-state index in [0.717, 1.165) is 25.7 Å². The summed E-state index contributed by atoms with van der Waals surface area (Å²) in [6.07, 6.45) is 7.40. The fraction of sp³-hybridized carbons (Fsp3) is 0.857. The Bertz CT molecular complexity index is 230. The number of nitrogens with one attached hydrogen (secondary N) is 2. The Balaban J connectivity index is 3.27. The van der Waals surface area contributed by atoms with Crippen LogP contribution in [0.25, 0.3) is 0 Å². The third-order valence-corrected chi connectivity index (χ3v) is 2.73. The van der Waals surface area contributed by atoms with Gasteiger partial charge in [-0.05, 0) is 19.3 Å². The van der Waals surface area contributed by atoms with Gasteiger partial charge in [-0.1, -0.05) is 33.1 Å². The van der Waals surface area contributed by atoms with E-state index in [9.17, 15) is 9.59 Å². The van der Waals surface area contributed by atoms with E-state index in [-0.39, 0.29) is 11.8 Å². The minimum absolute atomic E-state index is 0.100. The van der Waals surface area contributed by atoms with E-state index in [2.05, 4.69) is 17.6 Å². The molecule has 2 N–H and O–H groups in total. The fourth-order valence-corrected chi connectivity index (χ4v) is 1.66. The first-order valence-electron chi connectivity index (χ1n) is 7.24. The molecule has 0 aliphatic heterocycles. The van der Waals surface area contributed by atoms with Gasteiger partial charge in [0.15, 0.2) is 0 Å². The zero-order valence-electron chi connectivity index (χ0n) is 11.9. The second-order valence-corrected chi connectivity index (χ2v) is 4.61. The molecule has 0 fully saturated rings. The van der Waals surface area contributed by atoms with Crippen LogP contribution in [0, 0.1) is 0 Å². The van der Waals surface area contributed by atoms with Crippen LogP contribution in [0.4, 0.5) is 0 Å². The van der Waals surface area contributed by atoms with Crippen molar-refractivity contribution >= 4 is 11.8 Å². The molecule has 0 atom stereocenters. The lowest BCUT2D eigenvalue weighted by Gasteiger charge is -2.06. The zero-order valence-corrected chi connectivity index (χ0v) is 11.9. The highest BCUT2D eigenvalue weighted by molar-refractivity contribution is 5.76. The number of carbonyl (C=O) groups is 2. The molecule has 0 radical (unpaired) electrons. The maximum atomic E-state index is 11.4. The maximum Gasteiger partial charge on any atom is 0.219 e. The lowest BCUT2D eigenvalue weighted by atomic mass is 10.1. The summed E-state index contributed by atoms with van der Waals surface area (Å²) < 4.78 is 0. The number of rotatable bonds is 11. The van der Waals surface area contributed by atoms with Gasteiger partial charge in [-0.25, -0.2) is 0 Å². The largest absolute Gasteiger partial charge is 0.356 e. The summed E-state index contributed by atoms with van der Waals surface area (Å²) in [6.45, 7) is 5.44. The number of unbranched alkanes of at least 4 members (excludes halogenated alkanes) is 3. The van der Waals surface area contributed by atoms with E-state index in [0.29, 0.717) is 25.9 Å². The molecule has 0 aromatic heterocycles. The van der Waals surface area contributed by atoms with Crippen molar-refractivity contribution in [1.29, 1.82) is 0 Å². The first-order chi connectivity index (χ1) is 8.70. The predicted octanol–water partition coefficient (Wildman–Crippen LogP) is 2.38. The normalized spacial score (nSPS) is 10.1. The molecule has 4 heteroatoms. The minimum Gasteiger partial charge on any atom is -0.356 e. The first kappa shape index (κ1) is 16.9. The molecule has 0 saturated heterocycles. The molecule has 2 amide bonds. The van der Waals surface area contributed by atoms with Gasteiger partial charge in [0.1, 0.15) is 0 Å². The standard InChI is InChI=1S/C14H28N2O2/c1-3-5-6-7-10-14(18)16-12-8-11-15-13(17)9-4-2/h3-12H2,1-2H3,(H,15,17)(H,16,18). The van der Waals surface area contributed by atoms with Crippen molar-refractivity contribution in [2.24, 2.45) is 0 Å². The van der Waals surface area contributed by atoms with Gasteiger partial charge in [0.2, 0.25) is 11.8 Å². The molecule has 0 bridgehead atoms. The predicted molar refractivity (Wildman–Crippen MR) is 74.3 cm³/mol. The lowest BCUT2D eigenvalue weighted by molar-refractivity contribution is -0.121. The Morgan fingerprint density at radius 2 is 1.33 bits per heavy atom. The molecule has 18 heavy (non-hydrogen) atoms. The van der Waals surface area contributed by atoms with Crippen molar-refractivity contribution in [1.82, 2.24) is 10.6 Å². The van der Waals surface area contributed by atoms with Crippen LogP contribution in [-0.4, -0.2) is 24.9 Å². The smallest absolute Gasteiger partial charge is 0.219 e. The molecule has 106 valence electrons. The van der Waals surface area contributed by atoms with Crippen molar-refractivity contribution in [3.63, 3.8) is 0 Å². The van der Waals surface area contributed by atoms with Gasteiger partial charge in [0.05, 0.1) is 0 Å². The van der Waals surface area contributed by atoms with E-state index in [1.54, 1.807) is 0 Å². The third kappa shape index (κ3) is 11.4. The lowest BCUT2D eigenvalue weighted by Crippen LogP contribution is -2.29. The van der Waals surface area contributed by atoms with Crippen molar-refractivity contribution < 1.29 is 9.59 Å². The molecule has 0 saturated carbocycles. The molecule has 0 heterocycles. The SMILES string of the molecule is CCCCCCC(=O)NCCCNC(=O)CCC. The average Bonchev–Trinajstić information content (AvgIpc) is 2.34. The summed E-state index contributed by atoms with van der Waals surface area (Å²) in [4.78, 5) is 22.6. The van der Waals surface area contributed by atoms with E-state index >= 15 is 0 Å². The van der Waals surface area contributed by atoms with Gasteiger partial charge >= 0.3 is 0 Å². The van der Waals surface area contributed by atoms with Crippen LogP contribution in [0.5, 0.6) is 0 Å². The van der Waals surface area contributed by atoms with Crippen LogP contribution >= 0.6 is 0 Å². The molecular formula is C14H28N2O2. The minimum atomic E-state index is 0.100. The fourth-order valence-electron chi connectivity index (χ4n) is 1.66. The summed E-state index contributed by atoms with van der Waals surface area (Å²) in [7, 11) is 0. The summed E-state index contributed by atoms with van der Waals surface area (Å²) in [5.41, 5.74) is 0. The summed E-state index contributed by atoms with van der Waals surface area (Å²) in [6, 6.07) is 0. The second-order valence-electron chi connectivity index (χ2n) is 4.61. The van der Waals surface area contributed by atoms with Crippen molar-refractivity contribution in [3.05, 3.63) is 0 Å². The van der Waals surface area contributed by atoms with E-state index in [4.69, 9.17) is 0 Å². The topological polar surface area (TPSA) is 58.2 Å². The number of hydrogen-bond donors (Lipinski definition) is 2. The quantitative estimate of drug-likeness (QED) is 0.558. The molecule has 4 nitrogen and oxygen atoms in total. The molecular weight excluding hydrogens is 228 g/mol. The molecule has 0 aromatic carbocycles. The molecule has 0 unspecified atom stereocenters. The molecule has 0 rings (SSSR count). The van der Waals surface area contributed by atoms with Gasteiger partial charge < -0.3 is 10.6 Å². The van der Waals surface area contributed by atoms with Gasteiger partial charge in [0.25, 0.3) is 0 Å². The van der Waals surface area contributed by atoms with Crippen LogP contribution in [0.15, 0.2) is 0 Å². The summed E-state index contributed by atoms with van der Waals surface area (Å²) >= 11 is 0. The van der Waals surface area contributed by atoms with Crippen LogP contribution in [0.3, 0.4) is 0 Å². The summed E-state index contributed by atoms with van der Waals surface area (Å²) in [5.74, 6) is 0.231. The van der Waals surface area contributed by atoms with Crippen LogP contribution in [0.1, 0.15) is 65.2 Å². The molecule has 0 spiro atoms. The average molecular weight is 256 g/mol. The Morgan fingerprint density at radius 1 is 0.722 bits per heavy atom. The van der Waals surface area contributed by atoms with E-state index < -0.39 is 0 Å². The summed E-state index contributed by atoms with van der Waals surface area (Å²) in [5, 5.41) is 5.70. The Kier molecular flexibility index (Phi) is 11.7. The highest BCUT2D eigenvalue weighted by Gasteiger charge is 2.01. The van der Waals surface area contributed by atoms with Gasteiger partial charge in [-0.3, -0.25) is 9.59 Å². The molecule has 0 aromatic rings.